The quantitative estimate of drug-likeness (QED) is 0.627. The van der Waals surface area contributed by atoms with Crippen molar-refractivity contribution in [2.45, 2.75) is 32.6 Å². The van der Waals surface area contributed by atoms with Crippen molar-refractivity contribution < 1.29 is 24.2 Å². The smallest absolute Gasteiger partial charge is 0.407 e. The predicted octanol–water partition coefficient (Wildman–Crippen LogP) is 4.12. The normalized spacial score (nSPS) is 24.7. The molecule has 2 aromatic carbocycles. The number of carbonyl (C=O) groups is 3. The molecule has 35 heavy (non-hydrogen) atoms. The van der Waals surface area contributed by atoms with Crippen molar-refractivity contribution in [3.05, 3.63) is 59.7 Å². The average molecular weight is 477 g/mol. The van der Waals surface area contributed by atoms with E-state index in [9.17, 15) is 19.5 Å². The number of nitrogens with zero attached hydrogens (tertiary/aromatic N) is 1. The fourth-order valence-electron chi connectivity index (χ4n) is 5.79. The number of fused-ring (bicyclic) bond motifs is 3. The van der Waals surface area contributed by atoms with Crippen LogP contribution < -0.4 is 5.32 Å². The van der Waals surface area contributed by atoms with Crippen molar-refractivity contribution in [3.8, 4) is 11.1 Å². The van der Waals surface area contributed by atoms with Crippen LogP contribution in [0.15, 0.2) is 48.5 Å². The van der Waals surface area contributed by atoms with Gasteiger partial charge in [-0.15, -0.1) is 0 Å². The molecule has 2 N–H and O–H groups in total. The highest BCUT2D eigenvalue weighted by molar-refractivity contribution is 5.84. The molecule has 2 amide bonds. The van der Waals surface area contributed by atoms with Gasteiger partial charge in [0.15, 0.2) is 0 Å². The number of benzene rings is 2. The number of hydrogen-bond acceptors (Lipinski definition) is 4. The van der Waals surface area contributed by atoms with Crippen LogP contribution in [0.2, 0.25) is 0 Å². The second kappa shape index (κ2) is 9.02. The summed E-state index contributed by atoms with van der Waals surface area (Å²) in [7, 11) is 0. The first-order chi connectivity index (χ1) is 16.8. The summed E-state index contributed by atoms with van der Waals surface area (Å²) in [5.41, 5.74) is 3.84. The first kappa shape index (κ1) is 23.4. The summed E-state index contributed by atoms with van der Waals surface area (Å²) in [5, 5.41) is 12.5. The van der Waals surface area contributed by atoms with Gasteiger partial charge in [-0.2, -0.15) is 0 Å². The number of carbonyl (C=O) groups excluding carboxylic acids is 2. The van der Waals surface area contributed by atoms with Gasteiger partial charge in [0.05, 0.1) is 5.41 Å². The first-order valence-electron chi connectivity index (χ1n) is 12.4. The summed E-state index contributed by atoms with van der Waals surface area (Å²) in [6.45, 7) is 5.19. The largest absolute Gasteiger partial charge is 0.481 e. The third kappa shape index (κ3) is 4.17. The molecule has 7 nitrogen and oxygen atoms in total. The predicted molar refractivity (Wildman–Crippen MR) is 131 cm³/mol. The third-order valence-electron chi connectivity index (χ3n) is 8.24. The molecule has 2 aliphatic carbocycles. The molecule has 7 heteroatoms. The number of nitrogens with one attached hydrogen (secondary N) is 1. The maximum Gasteiger partial charge on any atom is 0.407 e. The van der Waals surface area contributed by atoms with E-state index < -0.39 is 17.5 Å². The highest BCUT2D eigenvalue weighted by atomic mass is 16.5. The van der Waals surface area contributed by atoms with Crippen molar-refractivity contribution in [2.75, 3.05) is 26.2 Å². The van der Waals surface area contributed by atoms with Gasteiger partial charge in [0, 0.05) is 31.5 Å². The minimum absolute atomic E-state index is 0.00751. The molecule has 1 saturated heterocycles. The molecule has 0 spiro atoms. The number of carboxylic acid groups (broad SMARTS) is 1. The lowest BCUT2D eigenvalue weighted by Gasteiger charge is -2.28. The van der Waals surface area contributed by atoms with Crippen LogP contribution in [0.4, 0.5) is 4.79 Å². The van der Waals surface area contributed by atoms with Crippen LogP contribution in [0.5, 0.6) is 0 Å². The van der Waals surface area contributed by atoms with Crippen LogP contribution in [-0.4, -0.2) is 54.2 Å². The summed E-state index contributed by atoms with van der Waals surface area (Å²) in [6.07, 6.45) is 0.720. The van der Waals surface area contributed by atoms with Gasteiger partial charge < -0.3 is 20.1 Å². The van der Waals surface area contributed by atoms with E-state index >= 15 is 0 Å². The van der Waals surface area contributed by atoms with Crippen LogP contribution >= 0.6 is 0 Å². The lowest BCUT2D eigenvalue weighted by atomic mass is 9.76. The highest BCUT2D eigenvalue weighted by Crippen LogP contribution is 2.45. The summed E-state index contributed by atoms with van der Waals surface area (Å²) in [4.78, 5) is 38.9. The molecule has 2 aromatic rings. The molecule has 3 unspecified atom stereocenters. The number of likely N-dealkylation sites (tertiary alicyclic amines) is 1. The number of ether oxygens (including phenoxy) is 1. The first-order valence-corrected chi connectivity index (χ1v) is 12.4. The van der Waals surface area contributed by atoms with E-state index in [2.05, 4.69) is 29.6 Å². The SMILES string of the molecule is CC(C)C1(C(=O)O)CCN(C(=O)C2CC2CNC(=O)OCC2c3ccccc3-c3ccccc32)C1. The second-order valence-corrected chi connectivity index (χ2v) is 10.4. The Labute approximate surface area is 205 Å². The van der Waals surface area contributed by atoms with Gasteiger partial charge in [0.25, 0.3) is 0 Å². The number of carboxylic acids is 1. The zero-order valence-electron chi connectivity index (χ0n) is 20.2. The van der Waals surface area contributed by atoms with Gasteiger partial charge in [-0.1, -0.05) is 62.4 Å². The second-order valence-electron chi connectivity index (χ2n) is 10.4. The Morgan fingerprint density at radius 2 is 1.71 bits per heavy atom. The Morgan fingerprint density at radius 3 is 2.29 bits per heavy atom. The number of aliphatic carboxylic acids is 1. The van der Waals surface area contributed by atoms with Gasteiger partial charge in [0.1, 0.15) is 6.61 Å². The molecule has 184 valence electrons. The molecule has 0 aromatic heterocycles. The Bertz CT molecular complexity index is 1120. The zero-order chi connectivity index (χ0) is 24.7. The standard InChI is InChI=1S/C28H32N2O5/c1-17(2)28(26(32)33)11-12-30(16-28)25(31)23-13-18(23)14-29-27(34)35-15-24-21-9-5-3-7-19(21)20-8-4-6-10-22(20)24/h3-10,17-18,23-24H,11-16H2,1-2H3,(H,29,34)(H,32,33). The summed E-state index contributed by atoms with van der Waals surface area (Å²) < 4.78 is 5.58. The van der Waals surface area contributed by atoms with Crippen molar-refractivity contribution >= 4 is 18.0 Å². The molecule has 1 heterocycles. The molecule has 5 rings (SSSR count). The molecule has 3 aliphatic rings. The van der Waals surface area contributed by atoms with E-state index in [0.717, 1.165) is 0 Å². The highest BCUT2D eigenvalue weighted by Gasteiger charge is 2.52. The van der Waals surface area contributed by atoms with Crippen LogP contribution in [-0.2, 0) is 14.3 Å². The van der Waals surface area contributed by atoms with Crippen molar-refractivity contribution in [1.82, 2.24) is 10.2 Å². The van der Waals surface area contributed by atoms with Crippen molar-refractivity contribution in [1.29, 1.82) is 0 Å². The maximum absolute atomic E-state index is 12.9. The van der Waals surface area contributed by atoms with E-state index in [1.165, 1.54) is 22.3 Å². The Morgan fingerprint density at radius 1 is 1.09 bits per heavy atom. The van der Waals surface area contributed by atoms with Crippen LogP contribution in [0.3, 0.4) is 0 Å². The summed E-state index contributed by atoms with van der Waals surface area (Å²) in [6, 6.07) is 16.4. The molecule has 0 bridgehead atoms. The lowest BCUT2D eigenvalue weighted by molar-refractivity contribution is -0.151. The van der Waals surface area contributed by atoms with Gasteiger partial charge in [-0.3, -0.25) is 9.59 Å². The van der Waals surface area contributed by atoms with Crippen LogP contribution in [0, 0.1) is 23.2 Å². The van der Waals surface area contributed by atoms with Gasteiger partial charge in [0.2, 0.25) is 5.91 Å². The molecule has 0 radical (unpaired) electrons. The van der Waals surface area contributed by atoms with E-state index in [4.69, 9.17) is 4.74 Å². The summed E-state index contributed by atoms with van der Waals surface area (Å²) >= 11 is 0. The zero-order valence-corrected chi connectivity index (χ0v) is 20.2. The molecule has 1 aliphatic heterocycles. The fraction of sp³-hybridized carbons (Fsp3) is 0.464. The van der Waals surface area contributed by atoms with E-state index in [0.29, 0.717) is 25.9 Å². The third-order valence-corrected chi connectivity index (χ3v) is 8.24. The van der Waals surface area contributed by atoms with Crippen LogP contribution in [0.1, 0.15) is 43.7 Å². The lowest BCUT2D eigenvalue weighted by Crippen LogP contribution is -2.41. The molecular weight excluding hydrogens is 444 g/mol. The van der Waals surface area contributed by atoms with Gasteiger partial charge in [-0.05, 0) is 46.9 Å². The van der Waals surface area contributed by atoms with Crippen LogP contribution in [0.25, 0.3) is 11.1 Å². The van der Waals surface area contributed by atoms with Gasteiger partial charge >= 0.3 is 12.1 Å². The van der Waals surface area contributed by atoms with E-state index in [1.807, 2.05) is 38.1 Å². The molecule has 1 saturated carbocycles. The Balaban J connectivity index is 1.11. The van der Waals surface area contributed by atoms with Crippen molar-refractivity contribution in [3.63, 3.8) is 0 Å². The summed E-state index contributed by atoms with van der Waals surface area (Å²) in [5.74, 6) is -0.931. The number of alkyl carbamates (subject to hydrolysis) is 1. The molecule has 3 atom stereocenters. The minimum atomic E-state index is -0.862. The minimum Gasteiger partial charge on any atom is -0.481 e. The van der Waals surface area contributed by atoms with E-state index in [-0.39, 0.29) is 42.7 Å². The monoisotopic (exact) mass is 476 g/mol. The topological polar surface area (TPSA) is 95.9 Å². The number of amides is 2. The fourth-order valence-corrected chi connectivity index (χ4v) is 5.79. The number of hydrogen-bond donors (Lipinski definition) is 2. The van der Waals surface area contributed by atoms with Crippen molar-refractivity contribution in [2.24, 2.45) is 23.2 Å². The molecular formula is C28H32N2O5. The molecule has 2 fully saturated rings. The Kier molecular flexibility index (Phi) is 6.03. The maximum atomic E-state index is 12.9. The van der Waals surface area contributed by atoms with E-state index in [1.54, 1.807) is 4.90 Å². The Hall–Kier alpha value is -3.35. The number of rotatable bonds is 7. The average Bonchev–Trinajstić information content (AvgIpc) is 3.35. The van der Waals surface area contributed by atoms with Gasteiger partial charge in [-0.25, -0.2) is 4.79 Å².